The average molecular weight is 959 g/mol. The summed E-state index contributed by atoms with van der Waals surface area (Å²) in [4.78, 5) is 0. The van der Waals surface area contributed by atoms with Crippen LogP contribution in [0.1, 0.15) is 211 Å². The second kappa shape index (κ2) is 19.4. The van der Waals surface area contributed by atoms with Crippen LogP contribution in [-0.2, 0) is 43.3 Å². The third-order valence-electron chi connectivity index (χ3n) is 12.6. The first kappa shape index (κ1) is 55.1. The van der Waals surface area contributed by atoms with Crippen molar-refractivity contribution in [3.8, 4) is 23.0 Å². The topological polar surface area (TPSA) is 36.9 Å². The third kappa shape index (κ3) is 13.7. The molecule has 0 N–H and O–H groups in total. The Morgan fingerprint density at radius 2 is 0.456 bits per heavy atom. The van der Waals surface area contributed by atoms with E-state index in [9.17, 15) is 0 Å². The van der Waals surface area contributed by atoms with Gasteiger partial charge in [-0.2, -0.15) is 0 Å². The van der Waals surface area contributed by atoms with Crippen molar-refractivity contribution in [3.63, 3.8) is 0 Å². The quantitative estimate of drug-likeness (QED) is 0.131. The second-order valence-electron chi connectivity index (χ2n) is 27.2. The molecular formula is C62H88O4P2. The molecule has 0 saturated carbocycles. The van der Waals surface area contributed by atoms with Crippen molar-refractivity contribution in [2.24, 2.45) is 0 Å². The van der Waals surface area contributed by atoms with Gasteiger partial charge in [0.05, 0.1) is 10.6 Å². The van der Waals surface area contributed by atoms with E-state index in [0.717, 1.165) is 55.9 Å². The molecule has 0 fully saturated rings. The van der Waals surface area contributed by atoms with Gasteiger partial charge in [-0.3, -0.25) is 0 Å². The molecule has 0 amide bonds. The number of rotatable bonds is 10. The van der Waals surface area contributed by atoms with Crippen LogP contribution in [0.5, 0.6) is 23.0 Å². The van der Waals surface area contributed by atoms with Gasteiger partial charge in [0.1, 0.15) is 23.0 Å². The maximum atomic E-state index is 7.35. The van der Waals surface area contributed by atoms with Gasteiger partial charge in [-0.25, -0.2) is 0 Å². The van der Waals surface area contributed by atoms with Crippen molar-refractivity contribution >= 4 is 27.4 Å². The molecule has 5 aromatic rings. The van der Waals surface area contributed by atoms with Crippen LogP contribution in [0.25, 0.3) is 0 Å². The molecule has 0 atom stereocenters. The number of hydrogen-bond acceptors (Lipinski definition) is 4. The molecule has 5 aromatic carbocycles. The first-order valence-electron chi connectivity index (χ1n) is 24.8. The minimum Gasteiger partial charge on any atom is -0.435 e. The van der Waals surface area contributed by atoms with E-state index in [0.29, 0.717) is 0 Å². The zero-order valence-electron chi connectivity index (χ0n) is 46.8. The normalized spacial score (nSPS) is 13.6. The molecule has 0 aliphatic rings. The average Bonchev–Trinajstić information content (AvgIpc) is 3.17. The van der Waals surface area contributed by atoms with E-state index in [1.54, 1.807) is 0 Å². The van der Waals surface area contributed by atoms with Crippen molar-refractivity contribution in [1.29, 1.82) is 0 Å². The van der Waals surface area contributed by atoms with Crippen LogP contribution in [0.15, 0.2) is 97.1 Å². The minimum absolute atomic E-state index is 0.0263. The molecule has 5 rings (SSSR count). The standard InChI is InChI=1S/C62H88O4P2/c1-55(2,3)41-28-32-51(47(36-41)59(13,14)15)63-67(64-52-33-29-42(56(4,5)6)37-48(52)60(16,17)18)45-26-25-27-46(40-45)68(65-53-34-30-43(57(7,8)9)38-49(53)61(19,20)21)66-54-35-31-44(58(10,11)12)39-50(54)62(22,23)24/h25-40H,1-24H3. The highest BCUT2D eigenvalue weighted by Gasteiger charge is 2.33. The monoisotopic (exact) mass is 959 g/mol. The Balaban J connectivity index is 1.78. The van der Waals surface area contributed by atoms with Gasteiger partial charge >= 0.3 is 16.8 Å². The fraction of sp³-hybridized carbons (Fsp3) is 0.516. The third-order valence-corrected chi connectivity index (χ3v) is 15.4. The molecule has 0 spiro atoms. The molecule has 0 aliphatic carbocycles. The Morgan fingerprint density at radius 1 is 0.250 bits per heavy atom. The van der Waals surface area contributed by atoms with E-state index < -0.39 is 16.8 Å². The summed E-state index contributed by atoms with van der Waals surface area (Å²) in [7, 11) is -3.51. The molecule has 6 heteroatoms. The van der Waals surface area contributed by atoms with E-state index in [4.69, 9.17) is 18.1 Å². The molecule has 68 heavy (non-hydrogen) atoms. The second-order valence-corrected chi connectivity index (χ2v) is 30.0. The lowest BCUT2D eigenvalue weighted by Gasteiger charge is -2.31. The number of benzene rings is 5. The zero-order chi connectivity index (χ0) is 51.4. The summed E-state index contributed by atoms with van der Waals surface area (Å²) < 4.78 is 29.4. The SMILES string of the molecule is CC(C)(C)c1ccc(OP(Oc2ccc(C(C)(C)C)cc2C(C)(C)C)c2cccc(P(Oc3ccc(C(C)(C)C)cc3C(C)(C)C)Oc3ccc(C(C)(C)C)cc3C(C)(C)C)c2)c(C(C)(C)C)c1. The van der Waals surface area contributed by atoms with Gasteiger partial charge in [-0.05, 0) is 108 Å². The van der Waals surface area contributed by atoms with Crippen LogP contribution in [0.3, 0.4) is 0 Å². The van der Waals surface area contributed by atoms with Gasteiger partial charge in [-0.1, -0.05) is 221 Å². The predicted octanol–water partition coefficient (Wildman–Crippen LogP) is 18.3. The molecule has 4 nitrogen and oxygen atoms in total. The largest absolute Gasteiger partial charge is 0.435 e. The summed E-state index contributed by atoms with van der Waals surface area (Å²) >= 11 is 0. The van der Waals surface area contributed by atoms with Gasteiger partial charge in [0.25, 0.3) is 0 Å². The molecular weight excluding hydrogens is 871 g/mol. The first-order chi connectivity index (χ1) is 30.7. The Bertz CT molecular complexity index is 2220. The maximum Gasteiger partial charge on any atom is 0.326 e. The van der Waals surface area contributed by atoms with Gasteiger partial charge in [0.2, 0.25) is 0 Å². The molecule has 0 aromatic heterocycles. The molecule has 0 radical (unpaired) electrons. The zero-order valence-corrected chi connectivity index (χ0v) is 48.6. The number of hydrogen-bond donors (Lipinski definition) is 0. The van der Waals surface area contributed by atoms with Crippen LogP contribution < -0.4 is 28.7 Å². The highest BCUT2D eigenvalue weighted by Crippen LogP contribution is 2.50. The summed E-state index contributed by atoms with van der Waals surface area (Å²) in [6, 6.07) is 35.4. The van der Waals surface area contributed by atoms with E-state index in [2.05, 4.69) is 263 Å². The van der Waals surface area contributed by atoms with E-state index in [1.807, 2.05) is 0 Å². The molecule has 0 bridgehead atoms. The minimum atomic E-state index is -1.76. The molecule has 0 unspecified atom stereocenters. The van der Waals surface area contributed by atoms with Gasteiger partial charge in [0.15, 0.2) is 0 Å². The van der Waals surface area contributed by atoms with Crippen molar-refractivity contribution in [1.82, 2.24) is 0 Å². The molecule has 370 valence electrons. The molecule has 0 saturated heterocycles. The highest BCUT2D eigenvalue weighted by molar-refractivity contribution is 7.58. The van der Waals surface area contributed by atoms with Crippen molar-refractivity contribution in [2.75, 3.05) is 0 Å². The van der Waals surface area contributed by atoms with Crippen LogP contribution in [-0.4, -0.2) is 0 Å². The van der Waals surface area contributed by atoms with Gasteiger partial charge < -0.3 is 18.1 Å². The fourth-order valence-corrected chi connectivity index (χ4v) is 10.8. The van der Waals surface area contributed by atoms with E-state index >= 15 is 0 Å². The highest BCUT2D eigenvalue weighted by atomic mass is 31.2. The van der Waals surface area contributed by atoms with Crippen molar-refractivity contribution < 1.29 is 18.1 Å². The van der Waals surface area contributed by atoms with E-state index in [-0.39, 0.29) is 43.3 Å². The van der Waals surface area contributed by atoms with Crippen molar-refractivity contribution in [2.45, 2.75) is 209 Å². The Hall–Kier alpha value is -3.84. The summed E-state index contributed by atoms with van der Waals surface area (Å²) in [6.07, 6.45) is 0. The van der Waals surface area contributed by atoms with E-state index in [1.165, 1.54) is 22.3 Å². The molecule has 0 aliphatic heterocycles. The Kier molecular flexibility index (Phi) is 15.7. The Morgan fingerprint density at radius 3 is 0.632 bits per heavy atom. The summed E-state index contributed by atoms with van der Waals surface area (Å²) in [5.74, 6) is 3.29. The smallest absolute Gasteiger partial charge is 0.326 e. The molecule has 0 heterocycles. The predicted molar refractivity (Wildman–Crippen MR) is 297 cm³/mol. The van der Waals surface area contributed by atoms with Crippen LogP contribution in [0.2, 0.25) is 0 Å². The Labute approximate surface area is 417 Å². The summed E-state index contributed by atoms with van der Waals surface area (Å²) in [6.45, 7) is 54.3. The van der Waals surface area contributed by atoms with Gasteiger partial charge in [0, 0.05) is 22.3 Å². The summed E-state index contributed by atoms with van der Waals surface area (Å²) in [5.41, 5.74) is 8.78. The van der Waals surface area contributed by atoms with Crippen molar-refractivity contribution in [3.05, 3.63) is 142 Å². The lowest BCUT2D eigenvalue weighted by molar-refractivity contribution is 0.466. The maximum absolute atomic E-state index is 7.35. The van der Waals surface area contributed by atoms with Crippen LogP contribution in [0.4, 0.5) is 0 Å². The summed E-state index contributed by atoms with van der Waals surface area (Å²) in [5, 5.41) is 1.85. The van der Waals surface area contributed by atoms with Crippen LogP contribution >= 0.6 is 16.8 Å². The lowest BCUT2D eigenvalue weighted by atomic mass is 9.80. The lowest BCUT2D eigenvalue weighted by Crippen LogP contribution is -2.22. The fourth-order valence-electron chi connectivity index (χ4n) is 7.97. The first-order valence-corrected chi connectivity index (χ1v) is 27.1. The van der Waals surface area contributed by atoms with Crippen LogP contribution in [0, 0.1) is 0 Å². The van der Waals surface area contributed by atoms with Gasteiger partial charge in [-0.15, -0.1) is 0 Å².